The average Bonchev–Trinajstić information content (AvgIpc) is 3.37. The molecule has 2 aromatic rings. The van der Waals surface area contributed by atoms with E-state index in [1.165, 1.54) is 4.88 Å². The molecular formula is C20H33N7S. The van der Waals surface area contributed by atoms with Gasteiger partial charge in [0, 0.05) is 43.6 Å². The Balaban J connectivity index is 1.64. The molecule has 2 atom stereocenters. The molecular weight excluding hydrogens is 370 g/mol. The Bertz CT molecular complexity index is 766. The topological polar surface area (TPSA) is 70.4 Å². The number of nitrogens with zero attached hydrogens (tertiary/aromatic N) is 5. The largest absolute Gasteiger partial charge is 0.356 e. The van der Waals surface area contributed by atoms with Crippen molar-refractivity contribution in [2.24, 2.45) is 18.0 Å². The van der Waals surface area contributed by atoms with Gasteiger partial charge in [0.2, 0.25) is 0 Å². The normalized spacial score (nSPS) is 20.9. The van der Waals surface area contributed by atoms with Crippen LogP contribution in [0.4, 0.5) is 0 Å². The van der Waals surface area contributed by atoms with Crippen LogP contribution in [0.3, 0.4) is 0 Å². The van der Waals surface area contributed by atoms with Crippen molar-refractivity contribution >= 4 is 17.3 Å². The molecule has 8 heteroatoms. The quantitative estimate of drug-likeness (QED) is 0.548. The van der Waals surface area contributed by atoms with Crippen LogP contribution < -0.4 is 10.6 Å². The number of hydrogen-bond acceptors (Lipinski definition) is 5. The highest BCUT2D eigenvalue weighted by atomic mass is 32.1. The highest BCUT2D eigenvalue weighted by Gasteiger charge is 2.31. The molecule has 0 aromatic carbocycles. The SMILES string of the molecule is Cc1nnc(CN=C(NCCc2cccs2)NC2CN(C(C)C)CC2C)n1C. The van der Waals surface area contributed by atoms with Crippen molar-refractivity contribution in [1.29, 1.82) is 0 Å². The highest BCUT2D eigenvalue weighted by Crippen LogP contribution is 2.18. The van der Waals surface area contributed by atoms with E-state index in [0.717, 1.165) is 43.7 Å². The Morgan fingerprint density at radius 3 is 2.79 bits per heavy atom. The van der Waals surface area contributed by atoms with E-state index in [0.29, 0.717) is 24.5 Å². The number of aliphatic imine (C=N–C) groups is 1. The van der Waals surface area contributed by atoms with Crippen LogP contribution >= 0.6 is 11.3 Å². The van der Waals surface area contributed by atoms with Crippen LogP contribution in [-0.4, -0.2) is 57.3 Å². The van der Waals surface area contributed by atoms with Gasteiger partial charge >= 0.3 is 0 Å². The molecule has 7 nitrogen and oxygen atoms in total. The Morgan fingerprint density at radius 1 is 1.36 bits per heavy atom. The molecule has 0 bridgehead atoms. The number of aromatic nitrogens is 3. The van der Waals surface area contributed by atoms with Gasteiger partial charge in [-0.1, -0.05) is 13.0 Å². The summed E-state index contributed by atoms with van der Waals surface area (Å²) in [6.45, 7) is 12.3. The predicted octanol–water partition coefficient (Wildman–Crippen LogP) is 2.19. The van der Waals surface area contributed by atoms with Crippen LogP contribution in [0.15, 0.2) is 22.5 Å². The summed E-state index contributed by atoms with van der Waals surface area (Å²) < 4.78 is 1.99. The van der Waals surface area contributed by atoms with E-state index in [1.54, 1.807) is 11.3 Å². The van der Waals surface area contributed by atoms with E-state index in [9.17, 15) is 0 Å². The first kappa shape index (κ1) is 20.8. The van der Waals surface area contributed by atoms with Gasteiger partial charge in [-0.3, -0.25) is 4.90 Å². The average molecular weight is 404 g/mol. The lowest BCUT2D eigenvalue weighted by molar-refractivity contribution is 0.265. The second kappa shape index (κ2) is 9.52. The molecule has 3 rings (SSSR count). The molecule has 3 heterocycles. The van der Waals surface area contributed by atoms with Gasteiger partial charge in [-0.15, -0.1) is 21.5 Å². The fourth-order valence-electron chi connectivity index (χ4n) is 3.44. The summed E-state index contributed by atoms with van der Waals surface area (Å²) in [6, 6.07) is 5.25. The molecule has 0 radical (unpaired) electrons. The van der Waals surface area contributed by atoms with Gasteiger partial charge in [0.15, 0.2) is 11.8 Å². The summed E-state index contributed by atoms with van der Waals surface area (Å²) in [7, 11) is 1.98. The fourth-order valence-corrected chi connectivity index (χ4v) is 4.15. The maximum absolute atomic E-state index is 4.81. The van der Waals surface area contributed by atoms with Gasteiger partial charge in [-0.05, 0) is 44.6 Å². The van der Waals surface area contributed by atoms with E-state index in [2.05, 4.69) is 64.0 Å². The Labute approximate surface area is 172 Å². The number of hydrogen-bond donors (Lipinski definition) is 2. The van der Waals surface area contributed by atoms with Crippen LogP contribution in [0.2, 0.25) is 0 Å². The summed E-state index contributed by atoms with van der Waals surface area (Å²) in [5.41, 5.74) is 0. The highest BCUT2D eigenvalue weighted by molar-refractivity contribution is 7.09. The Morgan fingerprint density at radius 2 is 2.18 bits per heavy atom. The first-order valence-electron chi connectivity index (χ1n) is 10.1. The van der Waals surface area contributed by atoms with Crippen LogP contribution in [0.5, 0.6) is 0 Å². The van der Waals surface area contributed by atoms with Gasteiger partial charge in [0.25, 0.3) is 0 Å². The molecule has 0 spiro atoms. The number of rotatable bonds is 7. The van der Waals surface area contributed by atoms with E-state index in [-0.39, 0.29) is 0 Å². The van der Waals surface area contributed by atoms with Gasteiger partial charge in [-0.25, -0.2) is 4.99 Å². The third-order valence-electron chi connectivity index (χ3n) is 5.50. The summed E-state index contributed by atoms with van der Waals surface area (Å²) in [5.74, 6) is 3.23. The molecule has 0 amide bonds. The van der Waals surface area contributed by atoms with Crippen LogP contribution in [0.1, 0.15) is 37.3 Å². The lowest BCUT2D eigenvalue weighted by Gasteiger charge is -2.22. The van der Waals surface area contributed by atoms with Crippen molar-refractivity contribution in [3.8, 4) is 0 Å². The minimum absolute atomic E-state index is 0.400. The van der Waals surface area contributed by atoms with Gasteiger partial charge in [0.1, 0.15) is 12.4 Å². The second-order valence-corrected chi connectivity index (χ2v) is 8.95. The zero-order valence-corrected chi connectivity index (χ0v) is 18.5. The number of likely N-dealkylation sites (tertiary alicyclic amines) is 1. The van der Waals surface area contributed by atoms with Crippen molar-refractivity contribution in [2.45, 2.75) is 52.7 Å². The predicted molar refractivity (Wildman–Crippen MR) is 116 cm³/mol. The Kier molecular flexibility index (Phi) is 7.07. The molecule has 28 heavy (non-hydrogen) atoms. The number of aryl methyl sites for hydroxylation is 1. The molecule has 2 unspecified atom stereocenters. The molecule has 1 fully saturated rings. The monoisotopic (exact) mass is 403 g/mol. The van der Waals surface area contributed by atoms with Crippen molar-refractivity contribution in [3.05, 3.63) is 34.0 Å². The van der Waals surface area contributed by atoms with Gasteiger partial charge in [0.05, 0.1) is 0 Å². The second-order valence-electron chi connectivity index (χ2n) is 7.92. The summed E-state index contributed by atoms with van der Waals surface area (Å²) in [5, 5.41) is 17.7. The number of nitrogens with one attached hydrogen (secondary N) is 2. The van der Waals surface area contributed by atoms with E-state index < -0.39 is 0 Å². The molecule has 1 aliphatic rings. The van der Waals surface area contributed by atoms with Crippen molar-refractivity contribution < 1.29 is 0 Å². The van der Waals surface area contributed by atoms with E-state index in [4.69, 9.17) is 4.99 Å². The Hall–Kier alpha value is -1.93. The minimum Gasteiger partial charge on any atom is -0.356 e. The van der Waals surface area contributed by atoms with E-state index in [1.807, 2.05) is 18.5 Å². The van der Waals surface area contributed by atoms with Crippen molar-refractivity contribution in [1.82, 2.24) is 30.3 Å². The molecule has 0 aliphatic carbocycles. The molecule has 1 aliphatic heterocycles. The lowest BCUT2D eigenvalue weighted by Crippen LogP contribution is -2.47. The van der Waals surface area contributed by atoms with Gasteiger partial charge < -0.3 is 15.2 Å². The fraction of sp³-hybridized carbons (Fsp3) is 0.650. The smallest absolute Gasteiger partial charge is 0.191 e. The zero-order chi connectivity index (χ0) is 20.1. The number of guanidine groups is 1. The molecule has 2 N–H and O–H groups in total. The molecule has 0 saturated carbocycles. The molecule has 2 aromatic heterocycles. The zero-order valence-electron chi connectivity index (χ0n) is 17.6. The molecule has 1 saturated heterocycles. The molecule has 154 valence electrons. The standard InChI is InChI=1S/C20H33N7S/c1-14(2)27-12-15(3)18(13-27)23-20(21-9-8-17-7-6-10-28-17)22-11-19-25-24-16(4)26(19)5/h6-7,10,14-15,18H,8-9,11-13H2,1-5H3,(H2,21,22,23). The first-order valence-corrected chi connectivity index (χ1v) is 11.0. The van der Waals surface area contributed by atoms with E-state index >= 15 is 0 Å². The lowest BCUT2D eigenvalue weighted by atomic mass is 10.1. The summed E-state index contributed by atoms with van der Waals surface area (Å²) in [6.07, 6.45) is 1.000. The maximum atomic E-state index is 4.81. The summed E-state index contributed by atoms with van der Waals surface area (Å²) >= 11 is 1.80. The third kappa shape index (κ3) is 5.32. The van der Waals surface area contributed by atoms with Crippen molar-refractivity contribution in [2.75, 3.05) is 19.6 Å². The third-order valence-corrected chi connectivity index (χ3v) is 6.43. The van der Waals surface area contributed by atoms with Crippen molar-refractivity contribution in [3.63, 3.8) is 0 Å². The first-order chi connectivity index (χ1) is 13.4. The summed E-state index contributed by atoms with van der Waals surface area (Å²) in [4.78, 5) is 8.72. The minimum atomic E-state index is 0.400. The van der Waals surface area contributed by atoms with Crippen LogP contribution in [0, 0.1) is 12.8 Å². The van der Waals surface area contributed by atoms with Crippen LogP contribution in [0.25, 0.3) is 0 Å². The van der Waals surface area contributed by atoms with Crippen LogP contribution in [-0.2, 0) is 20.0 Å². The number of thiophene rings is 1. The van der Waals surface area contributed by atoms with Gasteiger partial charge in [-0.2, -0.15) is 0 Å². The maximum Gasteiger partial charge on any atom is 0.191 e.